The smallest absolute Gasteiger partial charge is 0.346 e. The van der Waals surface area contributed by atoms with Crippen molar-refractivity contribution in [2.75, 3.05) is 7.11 Å². The van der Waals surface area contributed by atoms with Gasteiger partial charge in [0, 0.05) is 5.41 Å². The number of aliphatic hydroxyl groups is 1. The minimum absolute atomic E-state index is 0.0793. The summed E-state index contributed by atoms with van der Waals surface area (Å²) >= 11 is 0. The van der Waals surface area contributed by atoms with Gasteiger partial charge in [-0.05, 0) is 31.1 Å². The zero-order chi connectivity index (χ0) is 16.5. The quantitative estimate of drug-likeness (QED) is 0.512. The first-order valence-electron chi connectivity index (χ1n) is 7.19. The van der Waals surface area contributed by atoms with Crippen LogP contribution in [0.25, 0.3) is 6.08 Å². The van der Waals surface area contributed by atoms with Gasteiger partial charge in [-0.3, -0.25) is 0 Å². The van der Waals surface area contributed by atoms with Crippen LogP contribution >= 0.6 is 0 Å². The minimum atomic E-state index is -0.706. The number of cyclic esters (lactones) is 1. The molecule has 1 aliphatic heterocycles. The molecule has 1 N–H and O–H groups in total. The Bertz CT molecular complexity index is 636. The molecule has 1 saturated heterocycles. The van der Waals surface area contributed by atoms with Crippen LogP contribution in [0.1, 0.15) is 33.3 Å². The lowest BCUT2D eigenvalue weighted by Gasteiger charge is -2.46. The molecule has 1 aromatic rings. The molecule has 0 atom stereocenters. The van der Waals surface area contributed by atoms with Crippen molar-refractivity contribution >= 4 is 12.0 Å². The summed E-state index contributed by atoms with van der Waals surface area (Å²) in [6.07, 6.45) is 1.90. The lowest BCUT2D eigenvalue weighted by molar-refractivity contribution is -0.166. The first kappa shape index (κ1) is 16.1. The minimum Gasteiger partial charge on any atom is -0.480 e. The van der Waals surface area contributed by atoms with Crippen LogP contribution in [0, 0.1) is 5.41 Å². The first-order chi connectivity index (χ1) is 10.2. The van der Waals surface area contributed by atoms with E-state index in [2.05, 4.69) is 0 Å². The van der Waals surface area contributed by atoms with Gasteiger partial charge in [-0.15, -0.1) is 0 Å². The summed E-state index contributed by atoms with van der Waals surface area (Å²) in [5.74, 6) is -0.999. The Morgan fingerprint density at radius 1 is 1.18 bits per heavy atom. The van der Waals surface area contributed by atoms with E-state index >= 15 is 0 Å². The standard InChI is InChI=1S/C18H22O4/c1-17(2)13(11-12-9-7-6-8-10-12)14(15(19)21-5)16(20)22-18(17,3)4/h6-11,19H,1-5H3/b13-11?,15-14-. The maximum atomic E-state index is 12.3. The second-order valence-electron chi connectivity index (χ2n) is 6.38. The molecule has 1 fully saturated rings. The summed E-state index contributed by atoms with van der Waals surface area (Å²) in [4.78, 5) is 12.3. The second kappa shape index (κ2) is 5.52. The van der Waals surface area contributed by atoms with Gasteiger partial charge in [0.05, 0.1) is 7.11 Å². The lowest BCUT2D eigenvalue weighted by Crippen LogP contribution is -2.50. The Kier molecular flexibility index (Phi) is 4.05. The Morgan fingerprint density at radius 2 is 1.77 bits per heavy atom. The van der Waals surface area contributed by atoms with Crippen molar-refractivity contribution < 1.29 is 19.4 Å². The summed E-state index contributed by atoms with van der Waals surface area (Å²) in [5.41, 5.74) is 0.508. The van der Waals surface area contributed by atoms with Gasteiger partial charge in [0.2, 0.25) is 0 Å². The van der Waals surface area contributed by atoms with E-state index < -0.39 is 22.9 Å². The molecule has 0 amide bonds. The normalized spacial score (nSPS) is 23.9. The molecular formula is C18H22O4. The summed E-state index contributed by atoms with van der Waals surface area (Å²) in [6.45, 7) is 7.70. The number of benzene rings is 1. The number of ether oxygens (including phenoxy) is 2. The molecule has 0 radical (unpaired) electrons. The zero-order valence-corrected chi connectivity index (χ0v) is 13.6. The largest absolute Gasteiger partial charge is 0.480 e. The van der Waals surface area contributed by atoms with E-state index in [4.69, 9.17) is 9.47 Å². The van der Waals surface area contributed by atoms with E-state index in [1.54, 1.807) is 0 Å². The molecule has 1 heterocycles. The number of hydrogen-bond donors (Lipinski definition) is 1. The molecule has 1 aromatic carbocycles. The number of esters is 1. The SMILES string of the molecule is CO/C(O)=C1\C(=O)OC(C)(C)C(C)(C)C1=Cc1ccccc1. The summed E-state index contributed by atoms with van der Waals surface area (Å²) < 4.78 is 10.4. The average Bonchev–Trinajstić information content (AvgIpc) is 2.45. The van der Waals surface area contributed by atoms with Gasteiger partial charge < -0.3 is 14.6 Å². The van der Waals surface area contributed by atoms with Gasteiger partial charge >= 0.3 is 5.97 Å². The first-order valence-corrected chi connectivity index (χ1v) is 7.19. The van der Waals surface area contributed by atoms with Crippen molar-refractivity contribution in [3.05, 3.63) is 53.0 Å². The van der Waals surface area contributed by atoms with E-state index in [0.717, 1.165) is 5.56 Å². The molecule has 0 spiro atoms. The highest BCUT2D eigenvalue weighted by molar-refractivity contribution is 5.97. The van der Waals surface area contributed by atoms with Crippen LogP contribution in [-0.2, 0) is 14.3 Å². The molecule has 22 heavy (non-hydrogen) atoms. The van der Waals surface area contributed by atoms with Crippen molar-refractivity contribution in [3.63, 3.8) is 0 Å². The maximum Gasteiger partial charge on any atom is 0.346 e. The topological polar surface area (TPSA) is 55.8 Å². The summed E-state index contributed by atoms with van der Waals surface area (Å²) in [5, 5.41) is 10.0. The Hall–Kier alpha value is -2.23. The number of hydrogen-bond acceptors (Lipinski definition) is 4. The Balaban J connectivity index is 2.70. The highest BCUT2D eigenvalue weighted by Crippen LogP contribution is 2.49. The van der Waals surface area contributed by atoms with Gasteiger partial charge in [0.25, 0.3) is 5.95 Å². The molecule has 0 aromatic heterocycles. The van der Waals surface area contributed by atoms with Gasteiger partial charge in [0.1, 0.15) is 11.2 Å². The number of aliphatic hydroxyl groups excluding tert-OH is 1. The predicted octanol–water partition coefficient (Wildman–Crippen LogP) is 3.85. The molecule has 2 rings (SSSR count). The fraction of sp³-hybridized carbons (Fsp3) is 0.389. The third kappa shape index (κ3) is 2.61. The molecule has 1 aliphatic rings. The monoisotopic (exact) mass is 302 g/mol. The van der Waals surface area contributed by atoms with Crippen LogP contribution < -0.4 is 0 Å². The Morgan fingerprint density at radius 3 is 2.32 bits per heavy atom. The van der Waals surface area contributed by atoms with Crippen LogP contribution in [0.15, 0.2) is 47.4 Å². The van der Waals surface area contributed by atoms with E-state index in [1.165, 1.54) is 7.11 Å². The maximum absolute atomic E-state index is 12.3. The van der Waals surface area contributed by atoms with Crippen LogP contribution in [0.4, 0.5) is 0 Å². The van der Waals surface area contributed by atoms with Crippen LogP contribution in [0.5, 0.6) is 0 Å². The van der Waals surface area contributed by atoms with Crippen molar-refractivity contribution in [1.82, 2.24) is 0 Å². The number of methoxy groups -OCH3 is 1. The van der Waals surface area contributed by atoms with E-state index in [1.807, 2.05) is 64.1 Å². The van der Waals surface area contributed by atoms with Gasteiger partial charge in [-0.25, -0.2) is 4.79 Å². The van der Waals surface area contributed by atoms with Gasteiger partial charge in [-0.1, -0.05) is 44.2 Å². The zero-order valence-electron chi connectivity index (χ0n) is 13.6. The van der Waals surface area contributed by atoms with Crippen molar-refractivity contribution in [3.8, 4) is 0 Å². The van der Waals surface area contributed by atoms with Crippen LogP contribution in [0.3, 0.4) is 0 Å². The molecule has 0 aliphatic carbocycles. The lowest BCUT2D eigenvalue weighted by atomic mass is 9.66. The molecule has 4 nitrogen and oxygen atoms in total. The Labute approximate surface area is 131 Å². The van der Waals surface area contributed by atoms with Crippen molar-refractivity contribution in [2.45, 2.75) is 33.3 Å². The van der Waals surface area contributed by atoms with Crippen molar-refractivity contribution in [2.24, 2.45) is 5.41 Å². The second-order valence-corrected chi connectivity index (χ2v) is 6.38. The predicted molar refractivity (Wildman–Crippen MR) is 85.0 cm³/mol. The molecule has 0 bridgehead atoms. The fourth-order valence-electron chi connectivity index (χ4n) is 2.43. The van der Waals surface area contributed by atoms with Crippen LogP contribution in [0.2, 0.25) is 0 Å². The van der Waals surface area contributed by atoms with E-state index in [-0.39, 0.29) is 5.57 Å². The van der Waals surface area contributed by atoms with E-state index in [0.29, 0.717) is 5.57 Å². The molecule has 0 unspecified atom stereocenters. The number of rotatable bonds is 2. The van der Waals surface area contributed by atoms with Crippen molar-refractivity contribution in [1.29, 1.82) is 0 Å². The number of carbonyl (C=O) groups is 1. The molecule has 4 heteroatoms. The molecular weight excluding hydrogens is 280 g/mol. The number of carbonyl (C=O) groups excluding carboxylic acids is 1. The molecule has 0 saturated carbocycles. The highest BCUT2D eigenvalue weighted by Gasteiger charge is 2.51. The van der Waals surface area contributed by atoms with Crippen LogP contribution in [-0.4, -0.2) is 23.8 Å². The summed E-state index contributed by atoms with van der Waals surface area (Å²) in [7, 11) is 1.32. The third-order valence-corrected chi connectivity index (χ3v) is 4.52. The third-order valence-electron chi connectivity index (χ3n) is 4.52. The van der Waals surface area contributed by atoms with Gasteiger partial charge in [-0.2, -0.15) is 0 Å². The average molecular weight is 302 g/mol. The van der Waals surface area contributed by atoms with E-state index in [9.17, 15) is 9.90 Å². The fourth-order valence-corrected chi connectivity index (χ4v) is 2.43. The highest BCUT2D eigenvalue weighted by atomic mass is 16.6. The van der Waals surface area contributed by atoms with Gasteiger partial charge in [0.15, 0.2) is 0 Å². The summed E-state index contributed by atoms with van der Waals surface area (Å²) in [6, 6.07) is 9.65. The molecule has 118 valence electrons.